The maximum absolute atomic E-state index is 13.8. The molecule has 1 aromatic carbocycles. The number of nitrogens with one attached hydrogen (secondary N) is 1. The average molecular weight is 635 g/mol. The van der Waals surface area contributed by atoms with Crippen molar-refractivity contribution in [2.75, 3.05) is 26.2 Å². The fourth-order valence-corrected chi connectivity index (χ4v) is 6.19. The summed E-state index contributed by atoms with van der Waals surface area (Å²) in [6.45, 7) is 8.95. The van der Waals surface area contributed by atoms with Gasteiger partial charge in [0.15, 0.2) is 5.72 Å². The van der Waals surface area contributed by atoms with Crippen LogP contribution in [0.5, 0.6) is 5.75 Å². The number of hydrogen-bond acceptors (Lipinski definition) is 9. The van der Waals surface area contributed by atoms with Crippen molar-refractivity contribution < 1.29 is 43.2 Å². The number of rotatable bonds is 4. The molecule has 3 aliphatic heterocycles. The molecule has 2 amide bonds. The number of aliphatic hydroxyl groups is 1. The van der Waals surface area contributed by atoms with E-state index in [1.165, 1.54) is 19.1 Å². The van der Waals surface area contributed by atoms with Gasteiger partial charge in [-0.2, -0.15) is 0 Å². The molecule has 0 aliphatic carbocycles. The van der Waals surface area contributed by atoms with Crippen molar-refractivity contribution >= 4 is 35.3 Å². The largest absolute Gasteiger partial charge is 0.495 e. The number of hydrogen-bond donors (Lipinski definition) is 2. The maximum Gasteiger partial charge on any atom is 0.409 e. The average Bonchev–Trinajstić information content (AvgIpc) is 3.66. The van der Waals surface area contributed by atoms with E-state index >= 15 is 0 Å². The molecule has 0 saturated carbocycles. The van der Waals surface area contributed by atoms with Crippen molar-refractivity contribution in [3.8, 4) is 5.75 Å². The lowest BCUT2D eigenvalue weighted by molar-refractivity contribution is -0.157. The van der Waals surface area contributed by atoms with Gasteiger partial charge in [0.05, 0.1) is 31.2 Å². The second-order valence-electron chi connectivity index (χ2n) is 12.4. The summed E-state index contributed by atoms with van der Waals surface area (Å²) in [6, 6.07) is 3.63. The van der Waals surface area contributed by atoms with Gasteiger partial charge in [0.2, 0.25) is 5.91 Å². The zero-order valence-corrected chi connectivity index (χ0v) is 27.3. The normalized spacial score (nSPS) is 32.8. The van der Waals surface area contributed by atoms with Crippen LogP contribution in [0.25, 0.3) is 0 Å². The molecule has 3 heterocycles. The van der Waals surface area contributed by atoms with E-state index in [9.17, 15) is 19.5 Å². The topological polar surface area (TPSA) is 136 Å². The first-order valence-electron chi connectivity index (χ1n) is 14.7. The van der Waals surface area contributed by atoms with Gasteiger partial charge in [-0.1, -0.05) is 56.2 Å². The number of nitrogens with zero attached hydrogens (tertiary/aromatic N) is 1. The van der Waals surface area contributed by atoms with Crippen LogP contribution in [0.1, 0.15) is 53.0 Å². The number of amides is 2. The van der Waals surface area contributed by atoms with Crippen molar-refractivity contribution in [2.45, 2.75) is 89.6 Å². The number of epoxide rings is 1. The number of ether oxygens (including phenoxy) is 5. The van der Waals surface area contributed by atoms with Crippen LogP contribution >= 0.6 is 11.6 Å². The minimum atomic E-state index is -1.77. The summed E-state index contributed by atoms with van der Waals surface area (Å²) < 4.78 is 28.8. The van der Waals surface area contributed by atoms with Gasteiger partial charge in [-0.05, 0) is 38.0 Å². The monoisotopic (exact) mass is 634 g/mol. The predicted molar refractivity (Wildman–Crippen MR) is 164 cm³/mol. The summed E-state index contributed by atoms with van der Waals surface area (Å²) >= 11 is 6.68. The number of methoxy groups -OCH3 is 2. The molecule has 12 heteroatoms. The second kappa shape index (κ2) is 13.1. The Morgan fingerprint density at radius 2 is 1.95 bits per heavy atom. The number of alkyl carbamates (subject to hydrolysis) is 1. The smallest absolute Gasteiger partial charge is 0.409 e. The minimum Gasteiger partial charge on any atom is -0.495 e. The van der Waals surface area contributed by atoms with Crippen LogP contribution in [0.3, 0.4) is 0 Å². The molecule has 0 aromatic heterocycles. The van der Waals surface area contributed by atoms with Gasteiger partial charge in [-0.3, -0.25) is 14.9 Å². The molecule has 2 saturated heterocycles. The maximum atomic E-state index is 13.8. The standard InChI is InChI=1S/C32H43ClN2O9/c1-17(2)29(37)43-25-15-26(36)35(6)21-13-20(14-22(40-7)27(21)33)12-18(3)10-9-11-24(41-8)32(39)16-23(42-30(38)34-32)19(4)28-31(25,5)44-28/h9-11,13-14,17,19,23-25,28,39H,12,15-16H2,1-8H3,(H,34,38)/t19-,23?,24+,25-,28?,31-,32-/m0/s1. The zero-order valence-electron chi connectivity index (χ0n) is 26.5. The number of esters is 1. The first-order chi connectivity index (χ1) is 20.6. The highest BCUT2D eigenvalue weighted by molar-refractivity contribution is 6.35. The first kappa shape index (κ1) is 33.8. The third-order valence-corrected chi connectivity index (χ3v) is 9.06. The highest BCUT2D eigenvalue weighted by Crippen LogP contribution is 2.49. The van der Waals surface area contributed by atoms with Crippen LogP contribution in [0, 0.1) is 11.8 Å². The molecule has 4 rings (SSSR count). The number of anilines is 1. The summed E-state index contributed by atoms with van der Waals surface area (Å²) in [5, 5.41) is 14.4. The molecule has 0 spiro atoms. The van der Waals surface area contributed by atoms with E-state index in [0.29, 0.717) is 17.9 Å². The number of carbonyl (C=O) groups excluding carboxylic acids is 3. The Balaban J connectivity index is 1.80. The van der Waals surface area contributed by atoms with Gasteiger partial charge in [0.1, 0.15) is 34.7 Å². The lowest BCUT2D eigenvalue weighted by Gasteiger charge is -2.42. The molecular weight excluding hydrogens is 592 g/mol. The van der Waals surface area contributed by atoms with Crippen LogP contribution in [0.4, 0.5) is 10.5 Å². The molecule has 2 unspecified atom stereocenters. The number of allylic oxidation sites excluding steroid dienone is 3. The number of carbonyl (C=O) groups is 3. The third kappa shape index (κ3) is 6.91. The Kier molecular flexibility index (Phi) is 10.0. The molecule has 2 fully saturated rings. The lowest BCUT2D eigenvalue weighted by atomic mass is 9.83. The summed E-state index contributed by atoms with van der Waals surface area (Å²) in [4.78, 5) is 40.7. The van der Waals surface area contributed by atoms with E-state index in [2.05, 4.69) is 5.32 Å². The summed E-state index contributed by atoms with van der Waals surface area (Å²) in [6.07, 6.45) is 1.65. The van der Waals surface area contributed by atoms with Crippen LogP contribution < -0.4 is 15.0 Å². The fraction of sp³-hybridized carbons (Fsp3) is 0.594. The van der Waals surface area contributed by atoms with Gasteiger partial charge >= 0.3 is 12.1 Å². The van der Waals surface area contributed by atoms with Crippen molar-refractivity contribution in [2.24, 2.45) is 11.8 Å². The Morgan fingerprint density at radius 1 is 1.25 bits per heavy atom. The quantitative estimate of drug-likeness (QED) is 0.366. The molecule has 4 bridgehead atoms. The SMILES string of the molecule is COc1cc2cc(c1Cl)N(C)C(=O)C[C@H](OC(=O)C(C)C)[C@]1(C)OC1[C@@H](C)C1C[C@@](O)(NC(=O)O1)[C@H](OC)C=CC=C(C)C2. The van der Waals surface area contributed by atoms with Crippen molar-refractivity contribution in [1.82, 2.24) is 5.32 Å². The zero-order chi connectivity index (χ0) is 32.6. The molecule has 44 heavy (non-hydrogen) atoms. The molecule has 1 aromatic rings. The molecule has 11 nitrogen and oxygen atoms in total. The molecule has 0 radical (unpaired) electrons. The van der Waals surface area contributed by atoms with E-state index in [0.717, 1.165) is 11.1 Å². The van der Waals surface area contributed by atoms with Gasteiger partial charge in [-0.25, -0.2) is 4.79 Å². The van der Waals surface area contributed by atoms with E-state index in [1.54, 1.807) is 40.0 Å². The number of halogens is 1. The first-order valence-corrected chi connectivity index (χ1v) is 15.1. The molecule has 7 atom stereocenters. The number of benzene rings is 1. The van der Waals surface area contributed by atoms with E-state index < -0.39 is 59.6 Å². The van der Waals surface area contributed by atoms with Crippen LogP contribution in [0.15, 0.2) is 35.9 Å². The van der Waals surface area contributed by atoms with Crippen LogP contribution in [-0.4, -0.2) is 80.1 Å². The van der Waals surface area contributed by atoms with Crippen LogP contribution in [0.2, 0.25) is 5.02 Å². The van der Waals surface area contributed by atoms with E-state index in [4.69, 9.17) is 35.3 Å². The van der Waals surface area contributed by atoms with E-state index in [1.807, 2.05) is 32.1 Å². The second-order valence-corrected chi connectivity index (χ2v) is 12.8. The molecule has 242 valence electrons. The highest BCUT2D eigenvalue weighted by Gasteiger charge is 2.64. The molecule has 3 aliphatic rings. The minimum absolute atomic E-state index is 0.00361. The van der Waals surface area contributed by atoms with Crippen LogP contribution in [-0.2, 0) is 35.0 Å². The van der Waals surface area contributed by atoms with Crippen molar-refractivity contribution in [1.29, 1.82) is 0 Å². The summed E-state index contributed by atoms with van der Waals surface area (Å²) in [7, 11) is 4.56. The van der Waals surface area contributed by atoms with Gasteiger partial charge in [0, 0.05) is 26.5 Å². The molecule has 2 N–H and O–H groups in total. The highest BCUT2D eigenvalue weighted by atomic mass is 35.5. The third-order valence-electron chi connectivity index (χ3n) is 8.68. The van der Waals surface area contributed by atoms with E-state index in [-0.39, 0.29) is 23.8 Å². The summed E-state index contributed by atoms with van der Waals surface area (Å²) in [5.41, 5.74) is -0.587. The number of fused-ring (bicyclic) bond motifs is 5. The van der Waals surface area contributed by atoms with Crippen molar-refractivity contribution in [3.05, 3.63) is 46.5 Å². The Labute approximate surface area is 263 Å². The lowest BCUT2D eigenvalue weighted by Crippen LogP contribution is -2.63. The van der Waals surface area contributed by atoms with Crippen molar-refractivity contribution in [3.63, 3.8) is 0 Å². The summed E-state index contributed by atoms with van der Waals surface area (Å²) in [5.74, 6) is -1.30. The Hall–Kier alpha value is -3.12. The van der Waals surface area contributed by atoms with Gasteiger partial charge in [0.25, 0.3) is 0 Å². The van der Waals surface area contributed by atoms with Gasteiger partial charge < -0.3 is 33.7 Å². The molecular formula is C32H43ClN2O9. The van der Waals surface area contributed by atoms with Gasteiger partial charge in [-0.15, -0.1) is 0 Å². The Bertz CT molecular complexity index is 1350. The predicted octanol–water partition coefficient (Wildman–Crippen LogP) is 4.32. The fourth-order valence-electron chi connectivity index (χ4n) is 5.88. The Morgan fingerprint density at radius 3 is 2.59 bits per heavy atom.